The van der Waals surface area contributed by atoms with Gasteiger partial charge in [0.15, 0.2) is 0 Å². The lowest BCUT2D eigenvalue weighted by Gasteiger charge is -2.26. The van der Waals surface area contributed by atoms with Crippen molar-refractivity contribution < 1.29 is 9.53 Å². The topological polar surface area (TPSA) is 51.2 Å². The summed E-state index contributed by atoms with van der Waals surface area (Å²) >= 11 is 1.38. The first kappa shape index (κ1) is 19.1. The number of benzene rings is 2. The molecule has 0 unspecified atom stereocenters. The average molecular weight is 381 g/mol. The minimum absolute atomic E-state index is 0.111. The molecule has 3 rings (SSSR count). The first-order valence-electron chi connectivity index (χ1n) is 8.89. The zero-order chi connectivity index (χ0) is 19.4. The van der Waals surface area contributed by atoms with Crippen LogP contribution in [0.25, 0.3) is 0 Å². The average Bonchev–Trinajstić information content (AvgIpc) is 3.02. The van der Waals surface area contributed by atoms with Gasteiger partial charge in [-0.1, -0.05) is 48.0 Å². The number of thiazole rings is 1. The summed E-state index contributed by atoms with van der Waals surface area (Å²) in [6, 6.07) is 17.8. The van der Waals surface area contributed by atoms with Crippen LogP contribution in [0, 0.1) is 13.8 Å². The molecular formula is C22H24N2O2S. The molecule has 0 spiro atoms. The van der Waals surface area contributed by atoms with Crippen LogP contribution < -0.4 is 10.1 Å². The SMILES string of the molecule is Cc1ccc(OCc2nc(C)c(C(=O)NC(C)(C)c3ccccc3)s2)cc1. The molecule has 0 saturated carbocycles. The van der Waals surface area contributed by atoms with Crippen molar-refractivity contribution >= 4 is 17.2 Å². The Morgan fingerprint density at radius 2 is 1.74 bits per heavy atom. The van der Waals surface area contributed by atoms with Gasteiger partial charge in [0.25, 0.3) is 5.91 Å². The maximum Gasteiger partial charge on any atom is 0.263 e. The molecule has 4 nitrogen and oxygen atoms in total. The minimum atomic E-state index is -0.465. The predicted octanol–water partition coefficient (Wildman–Crippen LogP) is 5.00. The third-order valence-electron chi connectivity index (χ3n) is 4.35. The Bertz CT molecular complexity index is 915. The number of rotatable bonds is 6. The van der Waals surface area contributed by atoms with E-state index in [-0.39, 0.29) is 5.91 Å². The normalized spacial score (nSPS) is 11.3. The van der Waals surface area contributed by atoms with E-state index in [1.54, 1.807) is 0 Å². The molecule has 0 aliphatic heterocycles. The third-order valence-corrected chi connectivity index (χ3v) is 5.48. The van der Waals surface area contributed by atoms with Gasteiger partial charge in [-0.2, -0.15) is 0 Å². The highest BCUT2D eigenvalue weighted by atomic mass is 32.1. The fourth-order valence-electron chi connectivity index (χ4n) is 2.77. The minimum Gasteiger partial charge on any atom is -0.486 e. The molecule has 2 aromatic carbocycles. The van der Waals surface area contributed by atoms with Crippen molar-refractivity contribution in [3.63, 3.8) is 0 Å². The van der Waals surface area contributed by atoms with Gasteiger partial charge in [-0.25, -0.2) is 4.98 Å². The highest BCUT2D eigenvalue weighted by Gasteiger charge is 2.25. The number of aryl methyl sites for hydroxylation is 2. The molecule has 1 N–H and O–H groups in total. The first-order valence-corrected chi connectivity index (χ1v) is 9.70. The second kappa shape index (κ2) is 7.92. The van der Waals surface area contributed by atoms with E-state index in [1.807, 2.05) is 82.3 Å². The Kier molecular flexibility index (Phi) is 5.61. The Morgan fingerprint density at radius 1 is 1.07 bits per heavy atom. The zero-order valence-corrected chi connectivity index (χ0v) is 16.9. The van der Waals surface area contributed by atoms with E-state index in [0.29, 0.717) is 11.5 Å². The van der Waals surface area contributed by atoms with Crippen LogP contribution in [0.5, 0.6) is 5.75 Å². The molecule has 1 amide bonds. The van der Waals surface area contributed by atoms with Gasteiger partial charge in [0, 0.05) is 0 Å². The van der Waals surface area contributed by atoms with E-state index in [1.165, 1.54) is 16.9 Å². The molecular weight excluding hydrogens is 356 g/mol. The standard InChI is InChI=1S/C22H24N2O2S/c1-15-10-12-18(13-11-15)26-14-19-23-16(2)20(27-19)21(25)24-22(3,4)17-8-6-5-7-9-17/h5-13H,14H2,1-4H3,(H,24,25). The predicted molar refractivity (Wildman–Crippen MR) is 109 cm³/mol. The summed E-state index contributed by atoms with van der Waals surface area (Å²) in [6.07, 6.45) is 0. The molecule has 0 atom stereocenters. The summed E-state index contributed by atoms with van der Waals surface area (Å²) in [6.45, 7) is 8.24. The lowest BCUT2D eigenvalue weighted by molar-refractivity contribution is 0.0915. The van der Waals surface area contributed by atoms with E-state index < -0.39 is 5.54 Å². The van der Waals surface area contributed by atoms with Crippen LogP contribution in [0.15, 0.2) is 54.6 Å². The Hall–Kier alpha value is -2.66. The largest absolute Gasteiger partial charge is 0.486 e. The second-order valence-corrected chi connectivity index (χ2v) is 8.15. The number of ether oxygens (including phenoxy) is 1. The Morgan fingerprint density at radius 3 is 2.41 bits per heavy atom. The monoisotopic (exact) mass is 380 g/mol. The van der Waals surface area contributed by atoms with Crippen LogP contribution in [-0.4, -0.2) is 10.9 Å². The maximum absolute atomic E-state index is 12.8. The molecule has 140 valence electrons. The number of nitrogens with one attached hydrogen (secondary N) is 1. The number of amides is 1. The van der Waals surface area contributed by atoms with Crippen molar-refractivity contribution in [2.24, 2.45) is 0 Å². The van der Waals surface area contributed by atoms with E-state index in [9.17, 15) is 4.79 Å². The number of carbonyl (C=O) groups excluding carboxylic acids is 1. The maximum atomic E-state index is 12.8. The second-order valence-electron chi connectivity index (χ2n) is 7.07. The number of nitrogens with zero attached hydrogens (tertiary/aromatic N) is 1. The highest BCUT2D eigenvalue weighted by molar-refractivity contribution is 7.13. The van der Waals surface area contributed by atoms with Crippen LogP contribution in [-0.2, 0) is 12.1 Å². The third kappa shape index (κ3) is 4.74. The van der Waals surface area contributed by atoms with Crippen molar-refractivity contribution in [3.8, 4) is 5.75 Å². The molecule has 0 aliphatic rings. The highest BCUT2D eigenvalue weighted by Crippen LogP contribution is 2.24. The fraction of sp³-hybridized carbons (Fsp3) is 0.273. The van der Waals surface area contributed by atoms with Crippen LogP contribution in [0.4, 0.5) is 0 Å². The molecule has 0 bridgehead atoms. The number of carbonyl (C=O) groups is 1. The van der Waals surface area contributed by atoms with Crippen molar-refractivity contribution in [3.05, 3.63) is 81.3 Å². The summed E-state index contributed by atoms with van der Waals surface area (Å²) in [5, 5.41) is 3.90. The number of aromatic nitrogens is 1. The Balaban J connectivity index is 1.68. The molecule has 0 fully saturated rings. The molecule has 3 aromatic rings. The van der Waals surface area contributed by atoms with Gasteiger partial charge >= 0.3 is 0 Å². The quantitative estimate of drug-likeness (QED) is 0.654. The molecule has 0 saturated heterocycles. The summed E-state index contributed by atoms with van der Waals surface area (Å²) in [4.78, 5) is 17.9. The van der Waals surface area contributed by atoms with Gasteiger partial charge < -0.3 is 10.1 Å². The lowest BCUT2D eigenvalue weighted by Crippen LogP contribution is -2.40. The van der Waals surface area contributed by atoms with Crippen LogP contribution in [0.2, 0.25) is 0 Å². The number of hydrogen-bond donors (Lipinski definition) is 1. The first-order chi connectivity index (χ1) is 12.8. The lowest BCUT2D eigenvalue weighted by atomic mass is 9.94. The summed E-state index contributed by atoms with van der Waals surface area (Å²) in [5.74, 6) is 0.685. The van der Waals surface area contributed by atoms with Gasteiger partial charge in [-0.05, 0) is 45.4 Å². The summed E-state index contributed by atoms with van der Waals surface area (Å²) < 4.78 is 5.78. The molecule has 0 aliphatic carbocycles. The van der Waals surface area contributed by atoms with Crippen LogP contribution in [0.1, 0.15) is 45.3 Å². The van der Waals surface area contributed by atoms with Crippen LogP contribution >= 0.6 is 11.3 Å². The van der Waals surface area contributed by atoms with Gasteiger partial charge in [0.05, 0.1) is 11.2 Å². The molecule has 27 heavy (non-hydrogen) atoms. The van der Waals surface area contributed by atoms with Crippen molar-refractivity contribution in [2.75, 3.05) is 0 Å². The van der Waals surface area contributed by atoms with Gasteiger partial charge in [-0.15, -0.1) is 11.3 Å². The molecule has 1 aromatic heterocycles. The van der Waals surface area contributed by atoms with E-state index in [4.69, 9.17) is 4.74 Å². The van der Waals surface area contributed by atoms with Crippen molar-refractivity contribution in [1.82, 2.24) is 10.3 Å². The van der Waals surface area contributed by atoms with E-state index in [2.05, 4.69) is 10.3 Å². The zero-order valence-electron chi connectivity index (χ0n) is 16.1. The van der Waals surface area contributed by atoms with Gasteiger partial charge in [-0.3, -0.25) is 4.79 Å². The van der Waals surface area contributed by atoms with Crippen molar-refractivity contribution in [1.29, 1.82) is 0 Å². The fourth-order valence-corrected chi connectivity index (χ4v) is 3.64. The smallest absolute Gasteiger partial charge is 0.263 e. The summed E-state index contributed by atoms with van der Waals surface area (Å²) in [7, 11) is 0. The molecule has 5 heteroatoms. The van der Waals surface area contributed by atoms with Gasteiger partial charge in [0.1, 0.15) is 22.2 Å². The van der Waals surface area contributed by atoms with Crippen molar-refractivity contribution in [2.45, 2.75) is 39.8 Å². The van der Waals surface area contributed by atoms with Gasteiger partial charge in [0.2, 0.25) is 0 Å². The van der Waals surface area contributed by atoms with E-state index in [0.717, 1.165) is 22.0 Å². The van der Waals surface area contributed by atoms with Crippen LogP contribution in [0.3, 0.4) is 0 Å². The molecule has 1 heterocycles. The Labute approximate surface area is 164 Å². The van der Waals surface area contributed by atoms with E-state index >= 15 is 0 Å². The summed E-state index contributed by atoms with van der Waals surface area (Å²) in [5.41, 5.74) is 2.51. The molecule has 0 radical (unpaired) electrons. The number of hydrogen-bond acceptors (Lipinski definition) is 4.